The Morgan fingerprint density at radius 2 is 1.90 bits per heavy atom. The standard InChI is InChI=1S/C14H21ClN2O2S/c1-17(2)20(18,19)14-7-5-13(6-8-14)16-10-11-3-4-12(15)9-11/h5-8,11-12,16H,3-4,9-10H2,1-2H3. The maximum absolute atomic E-state index is 11.9. The fourth-order valence-electron chi connectivity index (χ4n) is 2.42. The van der Waals surface area contributed by atoms with Crippen LogP contribution in [0.2, 0.25) is 0 Å². The average Bonchev–Trinajstić information content (AvgIpc) is 2.82. The molecule has 1 aromatic carbocycles. The fraction of sp³-hybridized carbons (Fsp3) is 0.571. The van der Waals surface area contributed by atoms with Gasteiger partial charge < -0.3 is 5.32 Å². The summed E-state index contributed by atoms with van der Waals surface area (Å²) in [5, 5.41) is 3.66. The van der Waals surface area contributed by atoms with Crippen LogP contribution in [0.5, 0.6) is 0 Å². The molecule has 20 heavy (non-hydrogen) atoms. The number of hydrogen-bond acceptors (Lipinski definition) is 3. The van der Waals surface area contributed by atoms with Gasteiger partial charge in [-0.1, -0.05) is 0 Å². The summed E-state index contributed by atoms with van der Waals surface area (Å²) in [7, 11) is -0.280. The number of alkyl halides is 1. The van der Waals surface area contributed by atoms with Crippen molar-refractivity contribution in [2.75, 3.05) is 26.0 Å². The van der Waals surface area contributed by atoms with Gasteiger partial charge in [0.25, 0.3) is 0 Å². The molecule has 2 unspecified atom stereocenters. The summed E-state index contributed by atoms with van der Waals surface area (Å²) in [5.41, 5.74) is 0.945. The summed E-state index contributed by atoms with van der Waals surface area (Å²) in [5.74, 6) is 0.614. The van der Waals surface area contributed by atoms with Gasteiger partial charge in [-0.05, 0) is 49.4 Å². The molecule has 0 bridgehead atoms. The van der Waals surface area contributed by atoms with E-state index >= 15 is 0 Å². The predicted octanol–water partition coefficient (Wildman–Crippen LogP) is 2.76. The summed E-state index contributed by atoms with van der Waals surface area (Å²) >= 11 is 6.09. The molecule has 1 aliphatic rings. The smallest absolute Gasteiger partial charge is 0.242 e. The van der Waals surface area contributed by atoms with E-state index in [-0.39, 0.29) is 0 Å². The Morgan fingerprint density at radius 1 is 1.25 bits per heavy atom. The molecule has 1 N–H and O–H groups in total. The van der Waals surface area contributed by atoms with Gasteiger partial charge in [-0.25, -0.2) is 12.7 Å². The van der Waals surface area contributed by atoms with Crippen LogP contribution in [0.4, 0.5) is 5.69 Å². The first-order valence-electron chi connectivity index (χ1n) is 6.80. The number of nitrogens with zero attached hydrogens (tertiary/aromatic N) is 1. The normalized spacial score (nSPS) is 23.2. The van der Waals surface area contributed by atoms with Crippen molar-refractivity contribution in [1.29, 1.82) is 0 Å². The zero-order valence-electron chi connectivity index (χ0n) is 11.8. The van der Waals surface area contributed by atoms with Gasteiger partial charge in [-0.2, -0.15) is 0 Å². The largest absolute Gasteiger partial charge is 0.385 e. The lowest BCUT2D eigenvalue weighted by molar-refractivity contribution is 0.521. The summed E-state index contributed by atoms with van der Waals surface area (Å²) in [6.45, 7) is 0.892. The van der Waals surface area contributed by atoms with Crippen molar-refractivity contribution in [2.24, 2.45) is 5.92 Å². The van der Waals surface area contributed by atoms with E-state index in [1.165, 1.54) is 18.4 Å². The maximum Gasteiger partial charge on any atom is 0.242 e. The van der Waals surface area contributed by atoms with E-state index in [2.05, 4.69) is 5.32 Å². The van der Waals surface area contributed by atoms with Crippen LogP contribution in [0.1, 0.15) is 19.3 Å². The second kappa shape index (κ2) is 6.33. The van der Waals surface area contributed by atoms with E-state index in [1.54, 1.807) is 12.1 Å². The Labute approximate surface area is 126 Å². The number of anilines is 1. The number of halogens is 1. The Hall–Kier alpha value is -0.780. The molecule has 6 heteroatoms. The van der Waals surface area contributed by atoms with Gasteiger partial charge in [0.2, 0.25) is 10.0 Å². The molecule has 0 aromatic heterocycles. The SMILES string of the molecule is CN(C)S(=O)(=O)c1ccc(NCC2CCC(Cl)C2)cc1. The lowest BCUT2D eigenvalue weighted by Gasteiger charge is -2.14. The lowest BCUT2D eigenvalue weighted by Crippen LogP contribution is -2.22. The molecule has 0 amide bonds. The van der Waals surface area contributed by atoms with E-state index in [9.17, 15) is 8.42 Å². The molecule has 4 nitrogen and oxygen atoms in total. The first-order valence-corrected chi connectivity index (χ1v) is 8.68. The molecule has 1 aliphatic carbocycles. The molecule has 112 valence electrons. The third-order valence-corrected chi connectivity index (χ3v) is 5.93. The molecule has 2 atom stereocenters. The molecular weight excluding hydrogens is 296 g/mol. The first-order chi connectivity index (χ1) is 9.39. The summed E-state index contributed by atoms with van der Waals surface area (Å²) in [6, 6.07) is 6.89. The molecule has 0 spiro atoms. The highest BCUT2D eigenvalue weighted by Gasteiger charge is 2.22. The van der Waals surface area contributed by atoms with Crippen molar-refractivity contribution in [3.05, 3.63) is 24.3 Å². The molecule has 0 radical (unpaired) electrons. The Morgan fingerprint density at radius 3 is 2.40 bits per heavy atom. The van der Waals surface area contributed by atoms with Crippen molar-refractivity contribution in [3.8, 4) is 0 Å². The van der Waals surface area contributed by atoms with E-state index in [0.717, 1.165) is 31.5 Å². The van der Waals surface area contributed by atoms with Crippen LogP contribution < -0.4 is 5.32 Å². The van der Waals surface area contributed by atoms with Crippen molar-refractivity contribution < 1.29 is 8.42 Å². The van der Waals surface area contributed by atoms with E-state index in [4.69, 9.17) is 11.6 Å². The van der Waals surface area contributed by atoms with Gasteiger partial charge in [0.1, 0.15) is 0 Å². The van der Waals surface area contributed by atoms with Crippen LogP contribution in [-0.4, -0.2) is 38.7 Å². The summed E-state index contributed by atoms with van der Waals surface area (Å²) in [6.07, 6.45) is 3.31. The van der Waals surface area contributed by atoms with Crippen LogP contribution in [0.15, 0.2) is 29.2 Å². The van der Waals surface area contributed by atoms with Crippen LogP contribution in [-0.2, 0) is 10.0 Å². The Kier molecular flexibility index (Phi) is 4.94. The molecule has 1 aromatic rings. The molecule has 0 saturated heterocycles. The minimum Gasteiger partial charge on any atom is -0.385 e. The van der Waals surface area contributed by atoms with Gasteiger partial charge in [0.05, 0.1) is 4.90 Å². The van der Waals surface area contributed by atoms with Crippen LogP contribution >= 0.6 is 11.6 Å². The zero-order chi connectivity index (χ0) is 14.8. The minimum atomic E-state index is -3.34. The second-order valence-electron chi connectivity index (χ2n) is 5.47. The van der Waals surface area contributed by atoms with Crippen molar-refractivity contribution in [1.82, 2.24) is 4.31 Å². The van der Waals surface area contributed by atoms with Crippen LogP contribution in [0.3, 0.4) is 0 Å². The Balaban J connectivity index is 1.95. The molecule has 1 fully saturated rings. The van der Waals surface area contributed by atoms with Crippen molar-refractivity contribution >= 4 is 27.3 Å². The average molecular weight is 317 g/mol. The number of benzene rings is 1. The monoisotopic (exact) mass is 316 g/mol. The van der Waals surface area contributed by atoms with Gasteiger partial charge >= 0.3 is 0 Å². The maximum atomic E-state index is 11.9. The molecule has 0 aliphatic heterocycles. The summed E-state index contributed by atoms with van der Waals surface area (Å²) in [4.78, 5) is 0.315. The molecule has 2 rings (SSSR count). The van der Waals surface area contributed by atoms with Gasteiger partial charge in [0, 0.05) is 31.7 Å². The topological polar surface area (TPSA) is 49.4 Å². The quantitative estimate of drug-likeness (QED) is 0.850. The number of rotatable bonds is 5. The number of nitrogens with one attached hydrogen (secondary N) is 1. The fourth-order valence-corrected chi connectivity index (χ4v) is 3.70. The highest BCUT2D eigenvalue weighted by Crippen LogP contribution is 2.29. The highest BCUT2D eigenvalue weighted by atomic mass is 35.5. The second-order valence-corrected chi connectivity index (χ2v) is 8.24. The molecule has 0 heterocycles. The van der Waals surface area contributed by atoms with E-state index in [1.807, 2.05) is 12.1 Å². The number of hydrogen-bond donors (Lipinski definition) is 1. The minimum absolute atomic E-state index is 0.314. The van der Waals surface area contributed by atoms with Crippen LogP contribution in [0.25, 0.3) is 0 Å². The van der Waals surface area contributed by atoms with E-state index < -0.39 is 10.0 Å². The third kappa shape index (κ3) is 3.65. The lowest BCUT2D eigenvalue weighted by atomic mass is 10.1. The first kappa shape index (κ1) is 15.6. The predicted molar refractivity (Wildman–Crippen MR) is 82.8 cm³/mol. The summed E-state index contributed by atoms with van der Waals surface area (Å²) < 4.78 is 25.1. The Bertz CT molecular complexity index is 543. The van der Waals surface area contributed by atoms with Gasteiger partial charge in [-0.3, -0.25) is 0 Å². The van der Waals surface area contributed by atoms with Crippen molar-refractivity contribution in [3.63, 3.8) is 0 Å². The van der Waals surface area contributed by atoms with Gasteiger partial charge in [-0.15, -0.1) is 11.6 Å². The third-order valence-electron chi connectivity index (χ3n) is 3.70. The molecule has 1 saturated carbocycles. The van der Waals surface area contributed by atoms with Crippen molar-refractivity contribution in [2.45, 2.75) is 29.5 Å². The van der Waals surface area contributed by atoms with Crippen LogP contribution in [0, 0.1) is 5.92 Å². The number of sulfonamides is 1. The molecular formula is C14H21ClN2O2S. The zero-order valence-corrected chi connectivity index (χ0v) is 13.4. The highest BCUT2D eigenvalue weighted by molar-refractivity contribution is 7.89. The van der Waals surface area contributed by atoms with Gasteiger partial charge in [0.15, 0.2) is 0 Å². The van der Waals surface area contributed by atoms with E-state index in [0.29, 0.717) is 16.2 Å².